The molecule has 0 atom stereocenters. The van der Waals surface area contributed by atoms with Crippen LogP contribution in [0.1, 0.15) is 12.8 Å². The highest BCUT2D eigenvalue weighted by atomic mass is 19.1. The number of imidazole rings is 1. The number of hydrogen-bond donors (Lipinski definition) is 0. The van der Waals surface area contributed by atoms with Gasteiger partial charge in [-0.1, -0.05) is 18.2 Å². The molecule has 0 saturated carbocycles. The summed E-state index contributed by atoms with van der Waals surface area (Å²) >= 11 is 0. The molecular weight excluding hydrogens is 305 g/mol. The molecule has 1 aliphatic rings. The van der Waals surface area contributed by atoms with Crippen LogP contribution in [0.2, 0.25) is 0 Å². The van der Waals surface area contributed by atoms with Crippen LogP contribution in [0.25, 0.3) is 22.6 Å². The van der Waals surface area contributed by atoms with Gasteiger partial charge in [0.05, 0.1) is 0 Å². The summed E-state index contributed by atoms with van der Waals surface area (Å²) in [5.74, 6) is 1.10. The second-order valence-electron chi connectivity index (χ2n) is 5.97. The van der Waals surface area contributed by atoms with Crippen molar-refractivity contribution in [3.05, 3.63) is 48.7 Å². The topological polar surface area (TPSA) is 46.8 Å². The zero-order valence-electron chi connectivity index (χ0n) is 13.5. The van der Waals surface area contributed by atoms with Crippen molar-refractivity contribution in [2.24, 2.45) is 7.05 Å². The maximum atomic E-state index is 14.3. The van der Waals surface area contributed by atoms with E-state index in [2.05, 4.69) is 14.9 Å². The minimum absolute atomic E-state index is 0.287. The molecule has 1 saturated heterocycles. The second kappa shape index (κ2) is 6.03. The van der Waals surface area contributed by atoms with E-state index < -0.39 is 0 Å². The number of aromatic nitrogens is 4. The Labute approximate surface area is 139 Å². The molecule has 0 amide bonds. The number of rotatable bonds is 3. The first-order valence-electron chi connectivity index (χ1n) is 8.08. The SMILES string of the molecule is Cn1ccnc1-c1nc(N2CCCC2)ncc1-c1ccccc1F. The summed E-state index contributed by atoms with van der Waals surface area (Å²) in [6.45, 7) is 1.91. The predicted molar refractivity (Wildman–Crippen MR) is 91.1 cm³/mol. The quantitative estimate of drug-likeness (QED) is 0.742. The standard InChI is InChI=1S/C18H18FN5/c1-23-11-8-20-17(23)16-14(13-6-2-3-7-15(13)19)12-21-18(22-16)24-9-4-5-10-24/h2-3,6-8,11-12H,4-5,9-10H2,1H3. The monoisotopic (exact) mass is 323 g/mol. The Kier molecular flexibility index (Phi) is 3.72. The summed E-state index contributed by atoms with van der Waals surface area (Å²) < 4.78 is 16.2. The van der Waals surface area contributed by atoms with Crippen LogP contribution in [0.3, 0.4) is 0 Å². The summed E-state index contributed by atoms with van der Waals surface area (Å²) in [5, 5.41) is 0. The van der Waals surface area contributed by atoms with E-state index in [4.69, 9.17) is 4.98 Å². The average molecular weight is 323 g/mol. The lowest BCUT2D eigenvalue weighted by Gasteiger charge is -2.17. The van der Waals surface area contributed by atoms with Crippen LogP contribution in [0, 0.1) is 5.82 Å². The van der Waals surface area contributed by atoms with Gasteiger partial charge in [0.1, 0.15) is 11.5 Å². The maximum absolute atomic E-state index is 14.3. The molecule has 3 heterocycles. The number of benzene rings is 1. The summed E-state index contributed by atoms with van der Waals surface area (Å²) in [5.41, 5.74) is 1.80. The third-order valence-corrected chi connectivity index (χ3v) is 4.36. The first-order valence-corrected chi connectivity index (χ1v) is 8.08. The van der Waals surface area contributed by atoms with Crippen LogP contribution < -0.4 is 4.90 Å². The average Bonchev–Trinajstić information content (AvgIpc) is 3.26. The van der Waals surface area contributed by atoms with Crippen molar-refractivity contribution in [3.63, 3.8) is 0 Å². The van der Waals surface area contributed by atoms with E-state index >= 15 is 0 Å². The Hall–Kier alpha value is -2.76. The Balaban J connectivity index is 1.90. The predicted octanol–water partition coefficient (Wildman–Crippen LogP) is 3.28. The van der Waals surface area contributed by atoms with Gasteiger partial charge in [0, 0.05) is 49.9 Å². The van der Waals surface area contributed by atoms with E-state index in [-0.39, 0.29) is 5.82 Å². The van der Waals surface area contributed by atoms with Crippen molar-refractivity contribution in [1.29, 1.82) is 0 Å². The van der Waals surface area contributed by atoms with Crippen molar-refractivity contribution in [1.82, 2.24) is 19.5 Å². The zero-order chi connectivity index (χ0) is 16.5. The van der Waals surface area contributed by atoms with Gasteiger partial charge in [-0.2, -0.15) is 0 Å². The molecule has 3 aromatic rings. The summed E-state index contributed by atoms with van der Waals surface area (Å²) in [6, 6.07) is 6.69. The molecule has 1 fully saturated rings. The van der Waals surface area contributed by atoms with E-state index in [0.29, 0.717) is 28.6 Å². The van der Waals surface area contributed by atoms with Gasteiger partial charge in [0.25, 0.3) is 0 Å². The van der Waals surface area contributed by atoms with E-state index in [1.165, 1.54) is 6.07 Å². The van der Waals surface area contributed by atoms with Gasteiger partial charge in [0.2, 0.25) is 5.95 Å². The Bertz CT molecular complexity index is 867. The molecular formula is C18H18FN5. The largest absolute Gasteiger partial charge is 0.341 e. The van der Waals surface area contributed by atoms with Crippen LogP contribution in [0.4, 0.5) is 10.3 Å². The highest BCUT2D eigenvalue weighted by Crippen LogP contribution is 2.32. The van der Waals surface area contributed by atoms with Crippen molar-refractivity contribution < 1.29 is 4.39 Å². The third-order valence-electron chi connectivity index (χ3n) is 4.36. The smallest absolute Gasteiger partial charge is 0.226 e. The van der Waals surface area contributed by atoms with Gasteiger partial charge >= 0.3 is 0 Å². The van der Waals surface area contributed by atoms with Crippen LogP contribution in [-0.2, 0) is 7.05 Å². The number of nitrogens with zero attached hydrogens (tertiary/aromatic N) is 5. The summed E-state index contributed by atoms with van der Waals surface area (Å²) in [4.78, 5) is 15.8. The molecule has 5 nitrogen and oxygen atoms in total. The molecule has 0 bridgehead atoms. The van der Waals surface area contributed by atoms with Gasteiger partial charge in [-0.25, -0.2) is 19.3 Å². The molecule has 0 N–H and O–H groups in total. The highest BCUT2D eigenvalue weighted by molar-refractivity contribution is 5.78. The van der Waals surface area contributed by atoms with E-state index in [1.54, 1.807) is 24.5 Å². The van der Waals surface area contributed by atoms with E-state index in [0.717, 1.165) is 25.9 Å². The molecule has 0 radical (unpaired) electrons. The van der Waals surface area contributed by atoms with Gasteiger partial charge in [0.15, 0.2) is 5.82 Å². The Morgan fingerprint density at radius 2 is 1.83 bits per heavy atom. The second-order valence-corrected chi connectivity index (χ2v) is 5.97. The Morgan fingerprint density at radius 3 is 2.54 bits per heavy atom. The van der Waals surface area contributed by atoms with Crippen molar-refractivity contribution in [2.45, 2.75) is 12.8 Å². The van der Waals surface area contributed by atoms with Gasteiger partial charge in [-0.15, -0.1) is 0 Å². The van der Waals surface area contributed by atoms with Crippen molar-refractivity contribution in [3.8, 4) is 22.6 Å². The first kappa shape index (κ1) is 14.8. The van der Waals surface area contributed by atoms with E-state index in [1.807, 2.05) is 23.9 Å². The molecule has 4 rings (SSSR count). The van der Waals surface area contributed by atoms with Crippen LogP contribution in [-0.4, -0.2) is 32.6 Å². The fraction of sp³-hybridized carbons (Fsp3) is 0.278. The normalized spacial score (nSPS) is 14.3. The maximum Gasteiger partial charge on any atom is 0.226 e. The highest BCUT2D eigenvalue weighted by Gasteiger charge is 2.21. The van der Waals surface area contributed by atoms with E-state index in [9.17, 15) is 4.39 Å². The molecule has 0 aliphatic carbocycles. The Morgan fingerprint density at radius 1 is 1.04 bits per heavy atom. The lowest BCUT2D eigenvalue weighted by molar-refractivity contribution is 0.631. The molecule has 122 valence electrons. The molecule has 24 heavy (non-hydrogen) atoms. The van der Waals surface area contributed by atoms with Crippen molar-refractivity contribution in [2.75, 3.05) is 18.0 Å². The zero-order valence-corrected chi connectivity index (χ0v) is 13.5. The fourth-order valence-corrected chi connectivity index (χ4v) is 3.08. The molecule has 0 spiro atoms. The lowest BCUT2D eigenvalue weighted by Crippen LogP contribution is -2.20. The van der Waals surface area contributed by atoms with Crippen LogP contribution in [0.15, 0.2) is 42.9 Å². The molecule has 2 aromatic heterocycles. The summed E-state index contributed by atoms with van der Waals surface area (Å²) in [6.07, 6.45) is 7.59. The number of aryl methyl sites for hydroxylation is 1. The minimum Gasteiger partial charge on any atom is -0.341 e. The van der Waals surface area contributed by atoms with Crippen LogP contribution in [0.5, 0.6) is 0 Å². The summed E-state index contributed by atoms with van der Waals surface area (Å²) in [7, 11) is 1.91. The lowest BCUT2D eigenvalue weighted by atomic mass is 10.0. The number of anilines is 1. The molecule has 0 unspecified atom stereocenters. The van der Waals surface area contributed by atoms with Gasteiger partial charge in [-0.05, 0) is 18.9 Å². The third kappa shape index (κ3) is 2.54. The van der Waals surface area contributed by atoms with Gasteiger partial charge < -0.3 is 9.47 Å². The first-order chi connectivity index (χ1) is 11.7. The number of halogens is 1. The molecule has 6 heteroatoms. The minimum atomic E-state index is -0.287. The fourth-order valence-electron chi connectivity index (χ4n) is 3.08. The van der Waals surface area contributed by atoms with Crippen molar-refractivity contribution >= 4 is 5.95 Å². The molecule has 1 aliphatic heterocycles. The van der Waals surface area contributed by atoms with Crippen LogP contribution >= 0.6 is 0 Å². The van der Waals surface area contributed by atoms with Gasteiger partial charge in [-0.3, -0.25) is 0 Å². The molecule has 1 aromatic carbocycles. The number of hydrogen-bond acceptors (Lipinski definition) is 4.